The molecule has 0 aliphatic heterocycles. The fourth-order valence-electron chi connectivity index (χ4n) is 4.37. The van der Waals surface area contributed by atoms with Gasteiger partial charge in [0.25, 0.3) is 0 Å². The normalized spacial score (nSPS) is 34.0. The van der Waals surface area contributed by atoms with Crippen molar-refractivity contribution in [2.24, 2.45) is 16.7 Å². The molecule has 0 saturated heterocycles. The number of esters is 1. The van der Waals surface area contributed by atoms with E-state index >= 15 is 0 Å². The number of hydrogen-bond acceptors (Lipinski definition) is 6. The minimum atomic E-state index is -0.484. The average Bonchev–Trinajstić information content (AvgIpc) is 3.02. The molecule has 27 heavy (non-hydrogen) atoms. The monoisotopic (exact) mass is 384 g/mol. The number of methoxy groups -OCH3 is 2. The lowest BCUT2D eigenvalue weighted by Gasteiger charge is -2.47. The molecule has 1 saturated carbocycles. The summed E-state index contributed by atoms with van der Waals surface area (Å²) in [4.78, 5) is 12.3. The lowest BCUT2D eigenvalue weighted by atomic mass is 9.63. The van der Waals surface area contributed by atoms with Gasteiger partial charge in [-0.2, -0.15) is 0 Å². The SMILES string of the molecule is COCOC1C=C(C)C2(CCC(OC(=O)C(C)(C)C)C2)C(C)C1OCOC. The fraction of sp³-hybridized carbons (Fsp3) is 0.857. The van der Waals surface area contributed by atoms with E-state index in [-0.39, 0.29) is 49.2 Å². The van der Waals surface area contributed by atoms with Crippen LogP contribution < -0.4 is 0 Å². The zero-order valence-corrected chi connectivity index (χ0v) is 17.9. The summed E-state index contributed by atoms with van der Waals surface area (Å²) in [6, 6.07) is 0. The van der Waals surface area contributed by atoms with Gasteiger partial charge >= 0.3 is 5.97 Å². The van der Waals surface area contributed by atoms with Gasteiger partial charge < -0.3 is 23.7 Å². The zero-order valence-electron chi connectivity index (χ0n) is 17.9. The van der Waals surface area contributed by atoms with Gasteiger partial charge in [-0.1, -0.05) is 18.6 Å². The average molecular weight is 385 g/mol. The highest BCUT2D eigenvalue weighted by Crippen LogP contribution is 2.55. The Morgan fingerprint density at radius 2 is 1.81 bits per heavy atom. The first-order chi connectivity index (χ1) is 12.7. The van der Waals surface area contributed by atoms with Crippen molar-refractivity contribution in [1.82, 2.24) is 0 Å². The van der Waals surface area contributed by atoms with Gasteiger partial charge in [0.1, 0.15) is 25.8 Å². The van der Waals surface area contributed by atoms with E-state index in [4.69, 9.17) is 23.7 Å². The number of carbonyl (C=O) groups is 1. The van der Waals surface area contributed by atoms with Crippen LogP contribution in [0.15, 0.2) is 11.6 Å². The molecular formula is C21H36O6. The first kappa shape index (κ1) is 22.3. The lowest BCUT2D eigenvalue weighted by molar-refractivity contribution is -0.175. The fourth-order valence-corrected chi connectivity index (χ4v) is 4.37. The topological polar surface area (TPSA) is 63.2 Å². The molecule has 2 aliphatic rings. The van der Waals surface area contributed by atoms with Crippen molar-refractivity contribution < 1.29 is 28.5 Å². The summed E-state index contributed by atoms with van der Waals surface area (Å²) < 4.78 is 27.9. The molecule has 0 aromatic carbocycles. The molecule has 0 radical (unpaired) electrons. The van der Waals surface area contributed by atoms with Gasteiger partial charge in [-0.25, -0.2) is 0 Å². The van der Waals surface area contributed by atoms with Crippen LogP contribution in [0.5, 0.6) is 0 Å². The van der Waals surface area contributed by atoms with Gasteiger partial charge in [0.15, 0.2) is 0 Å². The molecule has 0 heterocycles. The number of ether oxygens (including phenoxy) is 5. The van der Waals surface area contributed by atoms with Crippen molar-refractivity contribution in [2.75, 3.05) is 27.8 Å². The molecule has 0 bridgehead atoms. The molecule has 2 aliphatic carbocycles. The van der Waals surface area contributed by atoms with Crippen molar-refractivity contribution in [3.05, 3.63) is 11.6 Å². The zero-order chi connectivity index (χ0) is 20.2. The molecular weight excluding hydrogens is 348 g/mol. The molecule has 0 aromatic rings. The van der Waals surface area contributed by atoms with Gasteiger partial charge in [-0.3, -0.25) is 4.79 Å². The standard InChI is InChI=1S/C21H36O6/c1-14-10-17(25-12-23-6)18(26-13-24-7)15(2)21(14)9-8-16(11-21)27-19(22)20(3,4)5/h10,15-18H,8-9,11-13H2,1-7H3. The molecule has 6 nitrogen and oxygen atoms in total. The van der Waals surface area contributed by atoms with Crippen molar-refractivity contribution in [1.29, 1.82) is 0 Å². The van der Waals surface area contributed by atoms with Crippen LogP contribution in [-0.2, 0) is 28.5 Å². The second-order valence-electron chi connectivity index (χ2n) is 8.89. The highest BCUT2D eigenvalue weighted by atomic mass is 16.7. The summed E-state index contributed by atoms with van der Waals surface area (Å²) in [6.07, 6.45) is 4.44. The highest BCUT2D eigenvalue weighted by molar-refractivity contribution is 5.75. The summed E-state index contributed by atoms with van der Waals surface area (Å²) in [7, 11) is 3.23. The minimum absolute atomic E-state index is 0.0474. The summed E-state index contributed by atoms with van der Waals surface area (Å²) in [5, 5.41) is 0. The third kappa shape index (κ3) is 4.91. The van der Waals surface area contributed by atoms with Crippen molar-refractivity contribution in [3.63, 3.8) is 0 Å². The predicted octanol–water partition coefficient (Wildman–Crippen LogP) is 3.69. The van der Waals surface area contributed by atoms with Crippen LogP contribution in [0.1, 0.15) is 53.9 Å². The molecule has 6 heteroatoms. The van der Waals surface area contributed by atoms with Crippen LogP contribution in [0.3, 0.4) is 0 Å². The van der Waals surface area contributed by atoms with E-state index in [2.05, 4.69) is 19.9 Å². The van der Waals surface area contributed by atoms with E-state index in [1.165, 1.54) is 5.57 Å². The van der Waals surface area contributed by atoms with Gasteiger partial charge in [0.2, 0.25) is 0 Å². The molecule has 0 amide bonds. The van der Waals surface area contributed by atoms with E-state index in [1.54, 1.807) is 14.2 Å². The quantitative estimate of drug-likeness (QED) is 0.379. The van der Waals surface area contributed by atoms with Crippen LogP contribution in [0.4, 0.5) is 0 Å². The van der Waals surface area contributed by atoms with E-state index < -0.39 is 5.41 Å². The van der Waals surface area contributed by atoms with Crippen molar-refractivity contribution in [3.8, 4) is 0 Å². The number of carbonyl (C=O) groups excluding carboxylic acids is 1. The molecule has 0 N–H and O–H groups in total. The minimum Gasteiger partial charge on any atom is -0.462 e. The number of allylic oxidation sites excluding steroid dienone is 1. The lowest BCUT2D eigenvalue weighted by Crippen LogP contribution is -2.48. The summed E-state index contributed by atoms with van der Waals surface area (Å²) >= 11 is 0. The Morgan fingerprint density at radius 1 is 1.19 bits per heavy atom. The maximum Gasteiger partial charge on any atom is 0.311 e. The summed E-state index contributed by atoms with van der Waals surface area (Å²) in [6.45, 7) is 10.5. The number of hydrogen-bond donors (Lipinski definition) is 0. The second-order valence-corrected chi connectivity index (χ2v) is 8.89. The highest BCUT2D eigenvalue weighted by Gasteiger charge is 2.52. The third-order valence-electron chi connectivity index (χ3n) is 6.03. The Hall–Kier alpha value is -0.950. The maximum atomic E-state index is 12.3. The molecule has 2 rings (SSSR count). The second kappa shape index (κ2) is 9.03. The molecule has 156 valence electrons. The smallest absolute Gasteiger partial charge is 0.311 e. The Labute approximate surface area is 163 Å². The van der Waals surface area contributed by atoms with Gasteiger partial charge in [-0.15, -0.1) is 0 Å². The molecule has 5 unspecified atom stereocenters. The maximum absolute atomic E-state index is 12.3. The third-order valence-corrected chi connectivity index (χ3v) is 6.03. The van der Waals surface area contributed by atoms with Crippen LogP contribution in [-0.4, -0.2) is 52.1 Å². The van der Waals surface area contributed by atoms with Gasteiger partial charge in [0, 0.05) is 14.2 Å². The van der Waals surface area contributed by atoms with Crippen LogP contribution >= 0.6 is 0 Å². The largest absolute Gasteiger partial charge is 0.462 e. The Balaban J connectivity index is 2.19. The summed E-state index contributed by atoms with van der Waals surface area (Å²) in [5.74, 6) is 0.0703. The first-order valence-electron chi connectivity index (χ1n) is 9.76. The van der Waals surface area contributed by atoms with Crippen LogP contribution in [0.2, 0.25) is 0 Å². The summed E-state index contributed by atoms with van der Waals surface area (Å²) in [5.41, 5.74) is 0.749. The van der Waals surface area contributed by atoms with Crippen LogP contribution in [0.25, 0.3) is 0 Å². The van der Waals surface area contributed by atoms with E-state index in [0.717, 1.165) is 19.3 Å². The van der Waals surface area contributed by atoms with E-state index in [9.17, 15) is 4.79 Å². The van der Waals surface area contributed by atoms with E-state index in [1.807, 2.05) is 20.8 Å². The molecule has 1 fully saturated rings. The Kier molecular flexibility index (Phi) is 7.47. The van der Waals surface area contributed by atoms with Crippen molar-refractivity contribution >= 4 is 5.97 Å². The van der Waals surface area contributed by atoms with Crippen LogP contribution in [0, 0.1) is 16.7 Å². The molecule has 5 atom stereocenters. The Morgan fingerprint density at radius 3 is 2.41 bits per heavy atom. The van der Waals surface area contributed by atoms with Crippen molar-refractivity contribution in [2.45, 2.75) is 72.2 Å². The predicted molar refractivity (Wildman–Crippen MR) is 102 cm³/mol. The first-order valence-corrected chi connectivity index (χ1v) is 9.76. The van der Waals surface area contributed by atoms with Gasteiger partial charge in [-0.05, 0) is 58.3 Å². The Bertz CT molecular complexity index is 537. The number of rotatable bonds is 7. The molecule has 1 spiro atoms. The van der Waals surface area contributed by atoms with E-state index in [0.29, 0.717) is 0 Å². The van der Waals surface area contributed by atoms with Gasteiger partial charge in [0.05, 0.1) is 11.5 Å². The molecule has 0 aromatic heterocycles.